The predicted molar refractivity (Wildman–Crippen MR) is 110 cm³/mol. The molecule has 29 heavy (non-hydrogen) atoms. The fourth-order valence-electron chi connectivity index (χ4n) is 4.80. The van der Waals surface area contributed by atoms with Gasteiger partial charge in [0.25, 0.3) is 0 Å². The van der Waals surface area contributed by atoms with E-state index in [9.17, 15) is 8.42 Å². The summed E-state index contributed by atoms with van der Waals surface area (Å²) in [5, 5.41) is 7.36. The van der Waals surface area contributed by atoms with Crippen molar-refractivity contribution in [2.24, 2.45) is 7.05 Å². The first-order valence-corrected chi connectivity index (χ1v) is 11.8. The second-order valence-electron chi connectivity index (χ2n) is 8.24. The highest BCUT2D eigenvalue weighted by Crippen LogP contribution is 2.36. The second-order valence-corrected chi connectivity index (χ2v) is 10.2. The molecule has 2 aromatic rings. The van der Waals surface area contributed by atoms with Gasteiger partial charge in [0.2, 0.25) is 16.0 Å². The van der Waals surface area contributed by atoms with Crippen LogP contribution >= 0.6 is 0 Å². The zero-order valence-corrected chi connectivity index (χ0v) is 17.5. The van der Waals surface area contributed by atoms with Crippen molar-refractivity contribution in [1.82, 2.24) is 29.0 Å². The molecule has 10 nitrogen and oxygen atoms in total. The van der Waals surface area contributed by atoms with Gasteiger partial charge in [-0.15, -0.1) is 0 Å². The van der Waals surface area contributed by atoms with Gasteiger partial charge in [-0.05, 0) is 18.9 Å². The first-order valence-electron chi connectivity index (χ1n) is 9.93. The highest BCUT2D eigenvalue weighted by atomic mass is 32.2. The molecule has 1 N–H and O–H groups in total. The number of anilines is 3. The van der Waals surface area contributed by atoms with Gasteiger partial charge in [-0.1, -0.05) is 0 Å². The second kappa shape index (κ2) is 6.92. The number of aromatic nitrogens is 4. The lowest BCUT2D eigenvalue weighted by molar-refractivity contribution is 0.0375. The number of piperazine rings is 1. The lowest BCUT2D eigenvalue weighted by atomic mass is 10.0. The maximum Gasteiger partial charge on any atom is 0.229 e. The molecular weight excluding hydrogens is 392 g/mol. The maximum atomic E-state index is 11.7. The molecule has 156 valence electrons. The van der Waals surface area contributed by atoms with Gasteiger partial charge in [0.05, 0.1) is 18.1 Å². The average Bonchev–Trinajstić information content (AvgIpc) is 3.12. The molecule has 2 bridgehead atoms. The largest absolute Gasteiger partial charge is 0.353 e. The van der Waals surface area contributed by atoms with Crippen LogP contribution in [0.5, 0.6) is 0 Å². The quantitative estimate of drug-likeness (QED) is 0.738. The molecule has 5 rings (SSSR count). The third kappa shape index (κ3) is 3.58. The average molecular weight is 419 g/mol. The Morgan fingerprint density at radius 1 is 1.10 bits per heavy atom. The van der Waals surface area contributed by atoms with E-state index >= 15 is 0 Å². The summed E-state index contributed by atoms with van der Waals surface area (Å²) in [5.74, 6) is 1.49. The third-order valence-electron chi connectivity index (χ3n) is 6.18. The van der Waals surface area contributed by atoms with Gasteiger partial charge in [-0.3, -0.25) is 9.58 Å². The van der Waals surface area contributed by atoms with Crippen LogP contribution in [-0.4, -0.2) is 87.9 Å². The molecule has 3 aliphatic heterocycles. The number of aryl methyl sites for hydroxylation is 1. The van der Waals surface area contributed by atoms with E-state index < -0.39 is 10.0 Å². The van der Waals surface area contributed by atoms with Crippen molar-refractivity contribution >= 4 is 27.5 Å². The first-order chi connectivity index (χ1) is 13.9. The third-order valence-corrected chi connectivity index (χ3v) is 7.42. The van der Waals surface area contributed by atoms with Gasteiger partial charge in [-0.2, -0.15) is 14.4 Å². The van der Waals surface area contributed by atoms with Crippen molar-refractivity contribution in [1.29, 1.82) is 0 Å². The van der Waals surface area contributed by atoms with Crippen molar-refractivity contribution in [3.8, 4) is 0 Å². The summed E-state index contributed by atoms with van der Waals surface area (Å²) >= 11 is 0. The fourth-order valence-corrected chi connectivity index (χ4v) is 5.68. The molecule has 0 spiro atoms. The van der Waals surface area contributed by atoms with Crippen molar-refractivity contribution in [3.63, 3.8) is 0 Å². The number of rotatable bonds is 5. The van der Waals surface area contributed by atoms with E-state index in [0.29, 0.717) is 37.2 Å². The molecule has 0 saturated carbocycles. The predicted octanol–water partition coefficient (Wildman–Crippen LogP) is 0.251. The minimum absolute atomic E-state index is 0.345. The normalized spacial score (nSPS) is 25.9. The molecule has 5 heterocycles. The Morgan fingerprint density at radius 3 is 2.45 bits per heavy atom. The summed E-state index contributed by atoms with van der Waals surface area (Å²) in [5.41, 5.74) is 0.856. The number of hydrogen-bond donors (Lipinski definition) is 1. The minimum Gasteiger partial charge on any atom is -0.353 e. The van der Waals surface area contributed by atoms with Crippen LogP contribution in [-0.2, 0) is 17.1 Å². The zero-order chi connectivity index (χ0) is 20.2. The summed E-state index contributed by atoms with van der Waals surface area (Å²) < 4.78 is 26.7. The van der Waals surface area contributed by atoms with Crippen molar-refractivity contribution < 1.29 is 8.42 Å². The van der Waals surface area contributed by atoms with E-state index in [1.54, 1.807) is 21.4 Å². The van der Waals surface area contributed by atoms with Crippen LogP contribution in [0.25, 0.3) is 0 Å². The number of nitrogens with zero attached hydrogens (tertiary/aromatic N) is 7. The summed E-state index contributed by atoms with van der Waals surface area (Å²) in [6.07, 6.45) is 9.01. The van der Waals surface area contributed by atoms with Gasteiger partial charge in [0.15, 0.2) is 0 Å². The van der Waals surface area contributed by atoms with E-state index in [1.807, 2.05) is 19.3 Å². The molecule has 3 saturated heterocycles. The molecule has 0 aliphatic carbocycles. The summed E-state index contributed by atoms with van der Waals surface area (Å²) in [6.45, 7) is 3.07. The van der Waals surface area contributed by atoms with Crippen LogP contribution in [0, 0.1) is 0 Å². The molecule has 2 atom stereocenters. The Bertz CT molecular complexity index is 989. The summed E-state index contributed by atoms with van der Waals surface area (Å²) in [4.78, 5) is 13.9. The SMILES string of the molecule is Cn1cc(Nc2nccc(N3CC4CC[C@H](C3)N4C3CN(S(C)(=O)=O)C3)n2)cn1. The molecule has 3 aliphatic rings. The van der Waals surface area contributed by atoms with E-state index in [0.717, 1.165) is 37.4 Å². The Kier molecular flexibility index (Phi) is 4.48. The van der Waals surface area contributed by atoms with Crippen LogP contribution in [0.15, 0.2) is 24.7 Å². The van der Waals surface area contributed by atoms with E-state index in [4.69, 9.17) is 4.98 Å². The summed E-state index contributed by atoms with van der Waals surface area (Å²) in [6, 6.07) is 3.20. The molecule has 0 aromatic carbocycles. The Labute approximate surface area is 170 Å². The van der Waals surface area contributed by atoms with Gasteiger partial charge >= 0.3 is 0 Å². The molecule has 0 amide bonds. The molecule has 3 fully saturated rings. The van der Waals surface area contributed by atoms with Gasteiger partial charge in [-0.25, -0.2) is 13.4 Å². The fraction of sp³-hybridized carbons (Fsp3) is 0.611. The highest BCUT2D eigenvalue weighted by Gasteiger charge is 2.48. The molecule has 1 unspecified atom stereocenters. The Balaban J connectivity index is 1.26. The number of sulfonamides is 1. The maximum absolute atomic E-state index is 11.7. The lowest BCUT2D eigenvalue weighted by Crippen LogP contribution is -2.67. The van der Waals surface area contributed by atoms with Crippen LogP contribution in [0.2, 0.25) is 0 Å². The van der Waals surface area contributed by atoms with Gasteiger partial charge in [0, 0.05) is 63.7 Å². The monoisotopic (exact) mass is 418 g/mol. The van der Waals surface area contributed by atoms with E-state index in [1.165, 1.54) is 6.26 Å². The number of nitrogens with one attached hydrogen (secondary N) is 1. The van der Waals surface area contributed by atoms with Crippen LogP contribution < -0.4 is 10.2 Å². The van der Waals surface area contributed by atoms with Crippen LogP contribution in [0.4, 0.5) is 17.5 Å². The van der Waals surface area contributed by atoms with E-state index in [-0.39, 0.29) is 0 Å². The number of fused-ring (bicyclic) bond motifs is 2. The van der Waals surface area contributed by atoms with Crippen molar-refractivity contribution in [2.45, 2.75) is 31.0 Å². The van der Waals surface area contributed by atoms with Crippen molar-refractivity contribution in [3.05, 3.63) is 24.7 Å². The smallest absolute Gasteiger partial charge is 0.229 e. The van der Waals surface area contributed by atoms with Crippen LogP contribution in [0.3, 0.4) is 0 Å². The minimum atomic E-state index is -3.07. The highest BCUT2D eigenvalue weighted by molar-refractivity contribution is 7.88. The van der Waals surface area contributed by atoms with Gasteiger partial charge < -0.3 is 10.2 Å². The standard InChI is InChI=1S/C18H26N8O2S/c1-23-8-13(7-20-23)21-18-19-6-5-17(22-18)24-9-14-3-4-15(10-24)26(14)16-11-25(12-16)29(2,27)28/h5-8,14-16H,3-4,9-12H2,1-2H3,(H,19,21,22)/t14-,15?/m1/s1. The lowest BCUT2D eigenvalue weighted by Gasteiger charge is -2.51. The van der Waals surface area contributed by atoms with E-state index in [2.05, 4.69) is 25.2 Å². The Morgan fingerprint density at radius 2 is 1.83 bits per heavy atom. The summed E-state index contributed by atoms with van der Waals surface area (Å²) in [7, 11) is -1.20. The van der Waals surface area contributed by atoms with Gasteiger partial charge in [0.1, 0.15) is 5.82 Å². The van der Waals surface area contributed by atoms with Crippen LogP contribution in [0.1, 0.15) is 12.8 Å². The topological polar surface area (TPSA) is 99.5 Å². The zero-order valence-electron chi connectivity index (χ0n) is 16.6. The molecule has 2 aromatic heterocycles. The molecular formula is C18H26N8O2S. The number of hydrogen-bond acceptors (Lipinski definition) is 8. The van der Waals surface area contributed by atoms with Crippen molar-refractivity contribution in [2.75, 3.05) is 42.7 Å². The molecule has 0 radical (unpaired) electrons. The molecule has 11 heteroatoms. The Hall–Kier alpha value is -2.24. The first kappa shape index (κ1) is 18.8.